The van der Waals surface area contributed by atoms with Crippen LogP contribution in [-0.2, 0) is 22.5 Å². The smallest absolute Gasteiger partial charge is 0.341 e. The van der Waals surface area contributed by atoms with Gasteiger partial charge in [0.05, 0.1) is 26.3 Å². The van der Waals surface area contributed by atoms with E-state index in [2.05, 4.69) is 10.3 Å². The Balaban J connectivity index is 2.01. The van der Waals surface area contributed by atoms with Crippen molar-refractivity contribution in [1.29, 1.82) is 0 Å². The molecule has 8 heteroatoms. The third kappa shape index (κ3) is 4.96. The Hall–Kier alpha value is -2.06. The van der Waals surface area contributed by atoms with Gasteiger partial charge in [-0.05, 0) is 30.9 Å². The number of thioether (sulfide) groups is 1. The van der Waals surface area contributed by atoms with E-state index in [4.69, 9.17) is 9.47 Å². The van der Waals surface area contributed by atoms with Gasteiger partial charge in [0.15, 0.2) is 0 Å². The topological polar surface area (TPSA) is 77.5 Å². The average Bonchev–Trinajstić information content (AvgIpc) is 2.98. The second-order valence-electron chi connectivity index (χ2n) is 5.17. The number of hydrogen-bond acceptors (Lipinski definition) is 7. The van der Waals surface area contributed by atoms with E-state index in [9.17, 15) is 9.59 Å². The lowest BCUT2D eigenvalue weighted by molar-refractivity contribution is -0.120. The molecule has 1 aromatic heterocycles. The molecule has 1 aromatic carbocycles. The molecule has 1 heterocycles. The first-order valence-corrected chi connectivity index (χ1v) is 9.54. The van der Waals surface area contributed by atoms with Crippen LogP contribution in [0.5, 0.6) is 5.75 Å². The van der Waals surface area contributed by atoms with E-state index in [0.29, 0.717) is 24.3 Å². The number of benzene rings is 1. The van der Waals surface area contributed by atoms with Crippen molar-refractivity contribution in [1.82, 2.24) is 10.3 Å². The molecule has 0 aliphatic rings. The second-order valence-corrected chi connectivity index (χ2v) is 7.31. The Morgan fingerprint density at radius 3 is 2.68 bits per heavy atom. The highest BCUT2D eigenvalue weighted by atomic mass is 32.2. The number of carbonyl (C=O) groups excluding carboxylic acids is 2. The first kappa shape index (κ1) is 19.3. The van der Waals surface area contributed by atoms with E-state index in [1.165, 1.54) is 25.6 Å². The molecule has 6 nitrogen and oxygen atoms in total. The maximum atomic E-state index is 12.2. The number of rotatable bonds is 7. The predicted molar refractivity (Wildman–Crippen MR) is 98.5 cm³/mol. The molecule has 0 atom stereocenters. The number of esters is 1. The molecule has 0 fully saturated rings. The fraction of sp³-hybridized carbons (Fsp3) is 0.353. The Morgan fingerprint density at radius 1 is 1.32 bits per heavy atom. The van der Waals surface area contributed by atoms with Crippen molar-refractivity contribution in [3.63, 3.8) is 0 Å². The van der Waals surface area contributed by atoms with Gasteiger partial charge in [-0.25, -0.2) is 9.78 Å². The summed E-state index contributed by atoms with van der Waals surface area (Å²) in [6.07, 6.45) is 2.26. The molecule has 0 saturated carbocycles. The Morgan fingerprint density at radius 2 is 2.08 bits per heavy atom. The van der Waals surface area contributed by atoms with Gasteiger partial charge in [-0.3, -0.25) is 4.79 Å². The van der Waals surface area contributed by atoms with Crippen molar-refractivity contribution in [3.8, 4) is 5.75 Å². The summed E-state index contributed by atoms with van der Waals surface area (Å²) < 4.78 is 10.9. The molecule has 0 radical (unpaired) electrons. The predicted octanol–water partition coefficient (Wildman–Crippen LogP) is 2.83. The molecule has 0 unspecified atom stereocenters. The van der Waals surface area contributed by atoms with Crippen LogP contribution < -0.4 is 10.1 Å². The first-order chi connectivity index (χ1) is 12.0. The van der Waals surface area contributed by atoms with Gasteiger partial charge in [0.1, 0.15) is 15.7 Å². The summed E-state index contributed by atoms with van der Waals surface area (Å²) in [6.45, 7) is 2.23. The molecular formula is C17H20N2O4S2. The van der Waals surface area contributed by atoms with Gasteiger partial charge in [0.25, 0.3) is 0 Å². The number of thiazole rings is 1. The van der Waals surface area contributed by atoms with Crippen LogP contribution in [0.25, 0.3) is 0 Å². The molecule has 0 aliphatic heterocycles. The zero-order chi connectivity index (χ0) is 18.4. The van der Waals surface area contributed by atoms with E-state index < -0.39 is 5.97 Å². The third-order valence-electron chi connectivity index (χ3n) is 3.53. The summed E-state index contributed by atoms with van der Waals surface area (Å²) in [7, 11) is 2.81. The van der Waals surface area contributed by atoms with Gasteiger partial charge in [-0.15, -0.1) is 11.3 Å². The number of hydrogen-bond donors (Lipinski definition) is 1. The third-order valence-corrected chi connectivity index (χ3v) is 5.67. The van der Waals surface area contributed by atoms with Crippen LogP contribution >= 0.6 is 23.1 Å². The maximum Gasteiger partial charge on any atom is 0.341 e. The molecular weight excluding hydrogens is 360 g/mol. The minimum absolute atomic E-state index is 0.0881. The van der Waals surface area contributed by atoms with Crippen molar-refractivity contribution in [3.05, 3.63) is 39.9 Å². The van der Waals surface area contributed by atoms with E-state index in [1.807, 2.05) is 13.2 Å². The van der Waals surface area contributed by atoms with Crippen LogP contribution in [0, 0.1) is 6.92 Å². The molecule has 134 valence electrons. The number of carbonyl (C=O) groups is 2. The highest BCUT2D eigenvalue weighted by Crippen LogP contribution is 2.25. The van der Waals surface area contributed by atoms with E-state index in [1.54, 1.807) is 30.0 Å². The van der Waals surface area contributed by atoms with E-state index >= 15 is 0 Å². The number of nitrogens with zero attached hydrogens (tertiary/aromatic N) is 1. The number of amides is 1. The highest BCUT2D eigenvalue weighted by molar-refractivity contribution is 8.00. The molecule has 25 heavy (non-hydrogen) atoms. The van der Waals surface area contributed by atoms with Gasteiger partial charge in [0.2, 0.25) is 5.91 Å². The summed E-state index contributed by atoms with van der Waals surface area (Å²) in [6, 6.07) is 5.15. The summed E-state index contributed by atoms with van der Waals surface area (Å²) in [5, 5.41) is 2.86. The van der Waals surface area contributed by atoms with Crippen LogP contribution in [-0.4, -0.2) is 37.3 Å². The Kier molecular flexibility index (Phi) is 6.83. The van der Waals surface area contributed by atoms with Crippen molar-refractivity contribution in [2.45, 2.75) is 24.2 Å². The minimum atomic E-state index is -0.477. The fourth-order valence-electron chi connectivity index (χ4n) is 2.20. The van der Waals surface area contributed by atoms with Crippen molar-refractivity contribution < 1.29 is 19.1 Å². The molecule has 0 aliphatic carbocycles. The van der Waals surface area contributed by atoms with Crippen molar-refractivity contribution >= 4 is 35.0 Å². The van der Waals surface area contributed by atoms with Crippen LogP contribution in [0.15, 0.2) is 22.5 Å². The first-order valence-electron chi connectivity index (χ1n) is 7.50. The zero-order valence-electron chi connectivity index (χ0n) is 14.5. The van der Waals surface area contributed by atoms with Crippen LogP contribution in [0.3, 0.4) is 0 Å². The molecule has 0 saturated heterocycles. The van der Waals surface area contributed by atoms with E-state index in [0.717, 1.165) is 20.5 Å². The van der Waals surface area contributed by atoms with Crippen LogP contribution in [0.1, 0.15) is 26.5 Å². The summed E-state index contributed by atoms with van der Waals surface area (Å²) in [5.41, 5.74) is 2.02. The largest absolute Gasteiger partial charge is 0.496 e. The zero-order valence-corrected chi connectivity index (χ0v) is 16.2. The van der Waals surface area contributed by atoms with Crippen molar-refractivity contribution in [2.24, 2.45) is 0 Å². The Labute approximate surface area is 154 Å². The highest BCUT2D eigenvalue weighted by Gasteiger charge is 2.15. The normalized spacial score (nSPS) is 10.4. The number of aromatic nitrogens is 1. The Bertz CT molecular complexity index is 774. The SMILES string of the molecule is COC(=O)c1cc(CNC(=O)Cc2sc(SC)nc2C)ccc1OC. The van der Waals surface area contributed by atoms with Crippen molar-refractivity contribution in [2.75, 3.05) is 20.5 Å². The van der Waals surface area contributed by atoms with Crippen LogP contribution in [0.4, 0.5) is 0 Å². The molecule has 0 bridgehead atoms. The lowest BCUT2D eigenvalue weighted by atomic mass is 10.1. The number of aryl methyl sites for hydroxylation is 1. The maximum absolute atomic E-state index is 12.2. The summed E-state index contributed by atoms with van der Waals surface area (Å²) >= 11 is 3.11. The van der Waals surface area contributed by atoms with E-state index in [-0.39, 0.29) is 5.91 Å². The standard InChI is InChI=1S/C17H20N2O4S2/c1-10-14(25-17(19-10)24-4)8-15(20)18-9-11-5-6-13(22-2)12(7-11)16(21)23-3/h5-7H,8-9H2,1-4H3,(H,18,20). The molecule has 1 amide bonds. The average molecular weight is 380 g/mol. The van der Waals surface area contributed by atoms with Gasteiger partial charge in [-0.1, -0.05) is 17.8 Å². The summed E-state index contributed by atoms with van der Waals surface area (Å²) in [4.78, 5) is 29.3. The second kappa shape index (κ2) is 8.87. The minimum Gasteiger partial charge on any atom is -0.496 e. The lowest BCUT2D eigenvalue weighted by Crippen LogP contribution is -2.24. The molecule has 0 spiro atoms. The number of nitrogens with one attached hydrogen (secondary N) is 1. The van der Waals surface area contributed by atoms with Gasteiger partial charge in [0, 0.05) is 11.4 Å². The van der Waals surface area contributed by atoms with Gasteiger partial charge in [-0.2, -0.15) is 0 Å². The van der Waals surface area contributed by atoms with Gasteiger partial charge < -0.3 is 14.8 Å². The lowest BCUT2D eigenvalue weighted by Gasteiger charge is -2.10. The van der Waals surface area contributed by atoms with Crippen LogP contribution in [0.2, 0.25) is 0 Å². The summed E-state index contributed by atoms with van der Waals surface area (Å²) in [5.74, 6) is -0.128. The van der Waals surface area contributed by atoms with Gasteiger partial charge >= 0.3 is 5.97 Å². The molecule has 1 N–H and O–H groups in total. The fourth-order valence-corrected chi connectivity index (χ4v) is 3.85. The molecule has 2 rings (SSSR count). The molecule has 2 aromatic rings. The number of methoxy groups -OCH3 is 2. The number of ether oxygens (including phenoxy) is 2. The monoisotopic (exact) mass is 380 g/mol. The quantitative estimate of drug-likeness (QED) is 0.588.